The first kappa shape index (κ1) is 14.4. The molecule has 4 heteroatoms. The summed E-state index contributed by atoms with van der Waals surface area (Å²) >= 11 is 0. The number of rotatable bonds is 3. The van der Waals surface area contributed by atoms with E-state index >= 15 is 0 Å². The van der Waals surface area contributed by atoms with Crippen molar-refractivity contribution in [2.75, 3.05) is 19.6 Å². The third-order valence-corrected chi connectivity index (χ3v) is 5.02. The van der Waals surface area contributed by atoms with Gasteiger partial charge in [0.1, 0.15) is 0 Å². The summed E-state index contributed by atoms with van der Waals surface area (Å²) in [5.41, 5.74) is 2.01. The minimum absolute atomic E-state index is 0.103. The van der Waals surface area contributed by atoms with Gasteiger partial charge in [-0.25, -0.2) is 0 Å². The topological polar surface area (TPSA) is 42.3 Å². The van der Waals surface area contributed by atoms with Gasteiger partial charge in [-0.3, -0.25) is 14.5 Å². The summed E-state index contributed by atoms with van der Waals surface area (Å²) in [7, 11) is 0. The molecule has 2 aliphatic heterocycles. The van der Waals surface area contributed by atoms with Crippen molar-refractivity contribution in [1.82, 2.24) is 9.47 Å². The zero-order valence-corrected chi connectivity index (χ0v) is 13.0. The fourth-order valence-electron chi connectivity index (χ4n) is 4.04. The van der Waals surface area contributed by atoms with Crippen LogP contribution in [0.2, 0.25) is 0 Å². The molecule has 118 valence electrons. The van der Waals surface area contributed by atoms with Gasteiger partial charge in [0.05, 0.1) is 6.54 Å². The third kappa shape index (κ3) is 2.75. The van der Waals surface area contributed by atoms with E-state index in [0.717, 1.165) is 37.3 Å². The molecule has 0 spiro atoms. The summed E-state index contributed by atoms with van der Waals surface area (Å²) in [6.45, 7) is 3.00. The molecule has 1 fully saturated rings. The number of carbonyl (C=O) groups excluding carboxylic acids is 1. The van der Waals surface area contributed by atoms with Crippen molar-refractivity contribution < 1.29 is 4.79 Å². The molecule has 2 aromatic rings. The van der Waals surface area contributed by atoms with Crippen LogP contribution in [0.4, 0.5) is 0 Å². The first-order valence-electron chi connectivity index (χ1n) is 8.21. The second kappa shape index (κ2) is 5.78. The Balaban J connectivity index is 1.53. The van der Waals surface area contributed by atoms with Crippen molar-refractivity contribution in [2.24, 2.45) is 5.92 Å². The van der Waals surface area contributed by atoms with Crippen LogP contribution in [0, 0.1) is 5.92 Å². The highest BCUT2D eigenvalue weighted by Gasteiger charge is 2.34. The van der Waals surface area contributed by atoms with Crippen molar-refractivity contribution in [2.45, 2.75) is 18.9 Å². The van der Waals surface area contributed by atoms with Crippen molar-refractivity contribution in [3.05, 3.63) is 70.1 Å². The van der Waals surface area contributed by atoms with Crippen molar-refractivity contribution in [3.8, 4) is 0 Å². The van der Waals surface area contributed by atoms with Crippen LogP contribution in [0.5, 0.6) is 0 Å². The highest BCUT2D eigenvalue weighted by atomic mass is 16.1. The summed E-state index contributed by atoms with van der Waals surface area (Å²) in [5, 5.41) is 0. The molecule has 2 atom stereocenters. The van der Waals surface area contributed by atoms with Crippen molar-refractivity contribution in [1.29, 1.82) is 0 Å². The number of carbonyl (C=O) groups is 1. The van der Waals surface area contributed by atoms with Crippen LogP contribution >= 0.6 is 0 Å². The average Bonchev–Trinajstić information content (AvgIpc) is 2.57. The number of ketones is 1. The second-order valence-electron chi connectivity index (χ2n) is 6.68. The van der Waals surface area contributed by atoms with Crippen LogP contribution in [0.15, 0.2) is 53.3 Å². The number of fused-ring (bicyclic) bond motifs is 4. The van der Waals surface area contributed by atoms with Crippen LogP contribution in [-0.4, -0.2) is 34.9 Å². The number of Topliss-reactive ketones (excluding diaryl/α,β-unsaturated/α-hetero) is 1. The number of likely N-dealkylation sites (tertiary alicyclic amines) is 1. The molecule has 0 saturated carbocycles. The minimum atomic E-state index is 0.103. The number of hydrogen-bond acceptors (Lipinski definition) is 3. The summed E-state index contributed by atoms with van der Waals surface area (Å²) in [4.78, 5) is 26.7. The Hall–Kier alpha value is -2.20. The van der Waals surface area contributed by atoms with E-state index in [0.29, 0.717) is 18.4 Å². The normalized spacial score (nSPS) is 23.3. The molecule has 1 aromatic heterocycles. The van der Waals surface area contributed by atoms with Gasteiger partial charge >= 0.3 is 0 Å². The average molecular weight is 308 g/mol. The van der Waals surface area contributed by atoms with Gasteiger partial charge < -0.3 is 4.57 Å². The number of hydrogen-bond donors (Lipinski definition) is 0. The van der Waals surface area contributed by atoms with Gasteiger partial charge in [0.15, 0.2) is 5.78 Å². The van der Waals surface area contributed by atoms with Crippen molar-refractivity contribution in [3.63, 3.8) is 0 Å². The maximum Gasteiger partial charge on any atom is 0.250 e. The van der Waals surface area contributed by atoms with E-state index in [1.165, 1.54) is 0 Å². The lowest BCUT2D eigenvalue weighted by Crippen LogP contribution is -2.48. The quantitative estimate of drug-likeness (QED) is 0.816. The van der Waals surface area contributed by atoms with E-state index in [2.05, 4.69) is 11.0 Å². The fraction of sp³-hybridized carbons (Fsp3) is 0.368. The lowest BCUT2D eigenvalue weighted by Gasteiger charge is -2.42. The molecule has 4 rings (SSSR count). The van der Waals surface area contributed by atoms with E-state index in [9.17, 15) is 9.59 Å². The van der Waals surface area contributed by atoms with Gasteiger partial charge in [-0.2, -0.15) is 0 Å². The SMILES string of the molecule is O=C(CN1C[C@@H]2C[C@@H](C1)c1cccc(=O)n1C2)c1ccccc1. The standard InChI is InChI=1S/C19H20N2O2/c22-18(15-5-2-1-3-6-15)13-20-10-14-9-16(12-20)17-7-4-8-19(23)21(17)11-14/h1-8,14,16H,9-13H2/t14-,16-/m0/s1. The van der Waals surface area contributed by atoms with E-state index in [1.54, 1.807) is 6.07 Å². The van der Waals surface area contributed by atoms with Gasteiger partial charge in [-0.15, -0.1) is 0 Å². The zero-order valence-electron chi connectivity index (χ0n) is 13.0. The molecule has 3 heterocycles. The lowest BCUT2D eigenvalue weighted by atomic mass is 9.83. The van der Waals surface area contributed by atoms with Gasteiger partial charge in [-0.1, -0.05) is 36.4 Å². The van der Waals surface area contributed by atoms with Gasteiger partial charge in [0.2, 0.25) is 0 Å². The number of pyridine rings is 1. The molecule has 1 aromatic carbocycles. The number of nitrogens with zero attached hydrogens (tertiary/aromatic N) is 2. The van der Waals surface area contributed by atoms with Crippen LogP contribution in [-0.2, 0) is 6.54 Å². The number of piperidine rings is 1. The van der Waals surface area contributed by atoms with Gasteiger partial charge in [-0.05, 0) is 18.4 Å². The van der Waals surface area contributed by atoms with E-state index in [-0.39, 0.29) is 11.3 Å². The molecule has 1 saturated heterocycles. The molecular weight excluding hydrogens is 288 g/mol. The first-order chi connectivity index (χ1) is 11.2. The van der Waals surface area contributed by atoms with Crippen LogP contribution < -0.4 is 5.56 Å². The Morgan fingerprint density at radius 3 is 2.65 bits per heavy atom. The molecular formula is C19H20N2O2. The summed E-state index contributed by atoms with van der Waals surface area (Å²) in [6, 6.07) is 15.0. The molecule has 0 radical (unpaired) electrons. The second-order valence-corrected chi connectivity index (χ2v) is 6.68. The monoisotopic (exact) mass is 308 g/mol. The maximum absolute atomic E-state index is 12.4. The van der Waals surface area contributed by atoms with E-state index in [1.807, 2.05) is 41.0 Å². The Labute approximate surface area is 135 Å². The molecule has 0 N–H and O–H groups in total. The number of aromatic nitrogens is 1. The van der Waals surface area contributed by atoms with Crippen LogP contribution in [0.3, 0.4) is 0 Å². The smallest absolute Gasteiger partial charge is 0.250 e. The van der Waals surface area contributed by atoms with Crippen LogP contribution in [0.25, 0.3) is 0 Å². The largest absolute Gasteiger partial charge is 0.312 e. The lowest BCUT2D eigenvalue weighted by molar-refractivity contribution is 0.0817. The Morgan fingerprint density at radius 1 is 1.00 bits per heavy atom. The van der Waals surface area contributed by atoms with Gasteiger partial charge in [0.25, 0.3) is 5.56 Å². The molecule has 4 nitrogen and oxygen atoms in total. The third-order valence-electron chi connectivity index (χ3n) is 5.02. The molecule has 0 amide bonds. The Bertz CT molecular complexity index is 781. The maximum atomic E-state index is 12.4. The molecule has 0 unspecified atom stereocenters. The zero-order chi connectivity index (χ0) is 15.8. The summed E-state index contributed by atoms with van der Waals surface area (Å²) in [5.74, 6) is 1.00. The van der Waals surface area contributed by atoms with E-state index in [4.69, 9.17) is 0 Å². The van der Waals surface area contributed by atoms with E-state index < -0.39 is 0 Å². The van der Waals surface area contributed by atoms with Crippen LogP contribution in [0.1, 0.15) is 28.4 Å². The first-order valence-corrected chi connectivity index (χ1v) is 8.21. The Morgan fingerprint density at radius 2 is 1.83 bits per heavy atom. The highest BCUT2D eigenvalue weighted by molar-refractivity contribution is 5.97. The number of benzene rings is 1. The predicted molar refractivity (Wildman–Crippen MR) is 88.8 cm³/mol. The van der Waals surface area contributed by atoms with Crippen molar-refractivity contribution >= 4 is 5.78 Å². The highest BCUT2D eigenvalue weighted by Crippen LogP contribution is 2.34. The Kier molecular flexibility index (Phi) is 3.62. The molecule has 23 heavy (non-hydrogen) atoms. The fourth-order valence-corrected chi connectivity index (χ4v) is 4.04. The minimum Gasteiger partial charge on any atom is -0.312 e. The molecule has 2 bridgehead atoms. The predicted octanol–water partition coefficient (Wildman–Crippen LogP) is 2.15. The van der Waals surface area contributed by atoms with Gasteiger partial charge in [0, 0.05) is 42.9 Å². The summed E-state index contributed by atoms with van der Waals surface area (Å²) in [6.07, 6.45) is 1.12. The molecule has 0 aliphatic carbocycles. The molecule has 2 aliphatic rings. The summed E-state index contributed by atoms with van der Waals surface area (Å²) < 4.78 is 1.93.